The first kappa shape index (κ1) is 31.4. The van der Waals surface area contributed by atoms with E-state index in [1.54, 1.807) is 72.8 Å². The Morgan fingerprint density at radius 3 is 0.741 bits per heavy atom. The summed E-state index contributed by atoms with van der Waals surface area (Å²) in [6, 6.07) is 32.2. The Labute approximate surface area is 323 Å². The quantitative estimate of drug-likeness (QED) is 0.130. The molecule has 0 aliphatic carbocycles. The van der Waals surface area contributed by atoms with Gasteiger partial charge in [0.25, 0.3) is 0 Å². The van der Waals surface area contributed by atoms with E-state index in [4.69, 9.17) is 0 Å². The van der Waals surface area contributed by atoms with E-state index < -0.39 is 0 Å². The molecule has 0 spiro atoms. The molecule has 0 unspecified atom stereocenters. The summed E-state index contributed by atoms with van der Waals surface area (Å²) in [7, 11) is 0. The van der Waals surface area contributed by atoms with Gasteiger partial charge >= 0.3 is 0 Å². The minimum atomic E-state index is -0.251. The van der Waals surface area contributed by atoms with E-state index in [1.807, 2.05) is 59.0 Å². The summed E-state index contributed by atoms with van der Waals surface area (Å²) >= 11 is 0. The molecule has 0 aliphatic heterocycles. The molecule has 0 N–H and O–H groups in total. The van der Waals surface area contributed by atoms with Gasteiger partial charge in [0.2, 0.25) is 0 Å². The molecule has 0 saturated carbocycles. The molecule has 13 rings (SSSR count). The number of aromatic nitrogens is 2. The van der Waals surface area contributed by atoms with Gasteiger partial charge in [0, 0.05) is 64.6 Å². The van der Waals surface area contributed by atoms with Gasteiger partial charge in [-0.1, -0.05) is 36.4 Å². The largest absolute Gasteiger partial charge is 0.306 e. The van der Waals surface area contributed by atoms with E-state index in [9.17, 15) is 28.8 Å². The van der Waals surface area contributed by atoms with E-state index in [0.29, 0.717) is 109 Å². The van der Waals surface area contributed by atoms with Crippen LogP contribution in [0.2, 0.25) is 0 Å². The normalized spacial score (nSPS) is 12.7. The summed E-state index contributed by atoms with van der Waals surface area (Å²) in [5.41, 5.74) is 6.39. The highest BCUT2D eigenvalue weighted by atomic mass is 16.1. The third kappa shape index (κ3) is 3.45. The lowest BCUT2D eigenvalue weighted by molar-refractivity contribution is 1.31. The first-order valence-electron chi connectivity index (χ1n) is 19.0. The van der Waals surface area contributed by atoms with Crippen LogP contribution in [0, 0.1) is 13.8 Å². The molecule has 6 heterocycles. The maximum atomic E-state index is 14.3. The van der Waals surface area contributed by atoms with E-state index in [-0.39, 0.29) is 32.6 Å². The first-order valence-corrected chi connectivity index (χ1v) is 19.0. The van der Waals surface area contributed by atoms with Crippen molar-refractivity contribution >= 4 is 97.7 Å². The molecule has 58 heavy (non-hydrogen) atoms. The summed E-state index contributed by atoms with van der Waals surface area (Å²) in [6.45, 7) is 3.93. The summed E-state index contributed by atoms with van der Waals surface area (Å²) in [4.78, 5) is 84.7. The number of aryl methyl sites for hydroxylation is 2. The van der Waals surface area contributed by atoms with Crippen LogP contribution in [0.5, 0.6) is 0 Å². The van der Waals surface area contributed by atoms with Gasteiger partial charge in [-0.15, -0.1) is 0 Å². The van der Waals surface area contributed by atoms with Crippen LogP contribution in [-0.4, -0.2) is 8.80 Å². The Hall–Kier alpha value is -7.84. The molecule has 0 bridgehead atoms. The molecular formula is C50H24N2O6. The van der Waals surface area contributed by atoms with Gasteiger partial charge in [0.1, 0.15) is 0 Å². The Morgan fingerprint density at radius 2 is 0.500 bits per heavy atom. The second kappa shape index (κ2) is 10.1. The van der Waals surface area contributed by atoms with Crippen molar-refractivity contribution in [1.82, 2.24) is 8.80 Å². The third-order valence-electron chi connectivity index (χ3n) is 12.8. The maximum absolute atomic E-state index is 14.3. The smallest absolute Gasteiger partial charge is 0.197 e. The van der Waals surface area contributed by atoms with Gasteiger partial charge in [-0.25, -0.2) is 0 Å². The van der Waals surface area contributed by atoms with Crippen LogP contribution in [0.25, 0.3) is 120 Å². The number of hydrogen-bond donors (Lipinski definition) is 0. The van der Waals surface area contributed by atoms with E-state index in [0.717, 1.165) is 22.3 Å². The lowest BCUT2D eigenvalue weighted by Gasteiger charge is -2.20. The summed E-state index contributed by atoms with van der Waals surface area (Å²) < 4.78 is 3.86. The van der Waals surface area contributed by atoms with Crippen molar-refractivity contribution in [3.05, 3.63) is 182 Å². The van der Waals surface area contributed by atoms with E-state index >= 15 is 0 Å². The second-order valence-electron chi connectivity index (χ2n) is 15.8. The number of hydrogen-bond acceptors (Lipinski definition) is 6. The Balaban J connectivity index is 1.09. The topological polar surface area (TPSA) is 111 Å². The van der Waals surface area contributed by atoms with Crippen LogP contribution >= 0.6 is 0 Å². The Bertz CT molecular complexity index is 3890. The summed E-state index contributed by atoms with van der Waals surface area (Å²) in [5, 5.41) is 4.92. The summed E-state index contributed by atoms with van der Waals surface area (Å²) in [6.07, 6.45) is 0. The SMILES string of the molecule is Cc1cc(-c2cc3c(=O)c4cccc5c(=O)c6cccc7c(=O)c(c2)c3n(c54)c67)c(C)cc1-c1cc2c(=O)c3cccc4c(=O)c5cccc6c(=O)c(c1)c2n(c43)c56. The monoisotopic (exact) mass is 748 g/mol. The zero-order valence-electron chi connectivity index (χ0n) is 30.7. The van der Waals surface area contributed by atoms with Gasteiger partial charge in [-0.2, -0.15) is 0 Å². The van der Waals surface area contributed by atoms with Crippen molar-refractivity contribution in [1.29, 1.82) is 0 Å². The molecule has 8 heteroatoms. The molecule has 0 radical (unpaired) electrons. The third-order valence-corrected chi connectivity index (χ3v) is 12.8. The fraction of sp³-hybridized carbons (Fsp3) is 0.0400. The van der Waals surface area contributed by atoms with Crippen molar-refractivity contribution in [3.63, 3.8) is 0 Å². The molecule has 13 aromatic rings. The van der Waals surface area contributed by atoms with Crippen LogP contribution in [0.4, 0.5) is 0 Å². The molecule has 0 atom stereocenters. The predicted octanol–water partition coefficient (Wildman–Crippen LogP) is 8.16. The molecule has 7 aromatic carbocycles. The minimum Gasteiger partial charge on any atom is -0.306 e. The highest BCUT2D eigenvalue weighted by Gasteiger charge is 2.26. The predicted molar refractivity (Wildman–Crippen MR) is 233 cm³/mol. The fourth-order valence-electron chi connectivity index (χ4n) is 10.3. The second-order valence-corrected chi connectivity index (χ2v) is 15.8. The molecule has 8 nitrogen and oxygen atoms in total. The van der Waals surface area contributed by atoms with Gasteiger partial charge in [-0.3, -0.25) is 28.8 Å². The van der Waals surface area contributed by atoms with Gasteiger partial charge in [0.05, 0.1) is 33.1 Å². The summed E-state index contributed by atoms with van der Waals surface area (Å²) in [5.74, 6) is 0. The zero-order chi connectivity index (χ0) is 39.2. The lowest BCUT2D eigenvalue weighted by atomic mass is 9.88. The molecule has 0 aliphatic rings. The van der Waals surface area contributed by atoms with Crippen LogP contribution in [0.1, 0.15) is 11.1 Å². The Kier molecular flexibility index (Phi) is 5.47. The van der Waals surface area contributed by atoms with Crippen LogP contribution in [0.15, 0.2) is 138 Å². The molecule has 270 valence electrons. The van der Waals surface area contributed by atoms with Crippen molar-refractivity contribution in [2.24, 2.45) is 0 Å². The Morgan fingerprint density at radius 1 is 0.293 bits per heavy atom. The average molecular weight is 749 g/mol. The number of pyridine rings is 6. The number of nitrogens with zero attached hydrogens (tertiary/aromatic N) is 2. The number of para-hydroxylation sites is 4. The lowest BCUT2D eigenvalue weighted by Crippen LogP contribution is -2.19. The fourth-order valence-corrected chi connectivity index (χ4v) is 10.3. The van der Waals surface area contributed by atoms with E-state index in [2.05, 4.69) is 0 Å². The van der Waals surface area contributed by atoms with Crippen LogP contribution < -0.4 is 32.6 Å². The van der Waals surface area contributed by atoms with Crippen molar-refractivity contribution in [2.75, 3.05) is 0 Å². The van der Waals surface area contributed by atoms with Crippen molar-refractivity contribution in [2.45, 2.75) is 13.8 Å². The molecular weight excluding hydrogens is 725 g/mol. The molecule has 0 saturated heterocycles. The molecule has 0 fully saturated rings. The number of benzene rings is 7. The maximum Gasteiger partial charge on any atom is 0.197 e. The number of rotatable bonds is 2. The van der Waals surface area contributed by atoms with Crippen molar-refractivity contribution < 1.29 is 0 Å². The van der Waals surface area contributed by atoms with Crippen LogP contribution in [0.3, 0.4) is 0 Å². The standard InChI is InChI=1S/C50H24N2O6/c1-21-15-34(24-19-37-44-38(20-24)50(58)32-14-6-10-28-42(32)52(44)41-27(46(28)54)9-5-13-31(41)49(37)57)22(2)16-33(21)23-17-35-43-36(18-23)48(56)30-12-4-8-26-40(30)51(43)39-25(45(26)53)7-3-11-29(39)47(35)55/h3-20H,1-2H3. The molecule has 6 aromatic heterocycles. The highest BCUT2D eigenvalue weighted by molar-refractivity contribution is 6.19. The van der Waals surface area contributed by atoms with Crippen LogP contribution in [-0.2, 0) is 0 Å². The van der Waals surface area contributed by atoms with Gasteiger partial charge in [-0.05, 0) is 120 Å². The van der Waals surface area contributed by atoms with Gasteiger partial charge in [0.15, 0.2) is 32.6 Å². The minimum absolute atomic E-state index is 0.210. The average Bonchev–Trinajstić information content (AvgIpc) is 3.24. The molecule has 0 amide bonds. The van der Waals surface area contributed by atoms with Gasteiger partial charge < -0.3 is 8.80 Å². The van der Waals surface area contributed by atoms with E-state index in [1.165, 1.54) is 0 Å². The first-order chi connectivity index (χ1) is 28.1. The highest BCUT2D eigenvalue weighted by Crippen LogP contribution is 2.39. The van der Waals surface area contributed by atoms with Crippen molar-refractivity contribution in [3.8, 4) is 22.3 Å². The zero-order valence-corrected chi connectivity index (χ0v) is 30.7.